The fourth-order valence-electron chi connectivity index (χ4n) is 1.81. The molecule has 1 aromatic heterocycles. The van der Waals surface area contributed by atoms with Crippen LogP contribution in [0.4, 0.5) is 22.0 Å². The first-order valence-electron chi connectivity index (χ1n) is 5.42. The number of hydrogen-bond acceptors (Lipinski definition) is 2. The van der Waals surface area contributed by atoms with Crippen LogP contribution in [0.1, 0.15) is 16.5 Å². The Morgan fingerprint density at radius 1 is 0.952 bits per heavy atom. The summed E-state index contributed by atoms with van der Waals surface area (Å²) in [6.45, 7) is 0. The monoisotopic (exact) mass is 449 g/mol. The van der Waals surface area contributed by atoms with Gasteiger partial charge in [0.25, 0.3) is 0 Å². The summed E-state index contributed by atoms with van der Waals surface area (Å²) in [5.41, 5.74) is -0.907. The molecule has 0 saturated heterocycles. The Morgan fingerprint density at radius 2 is 1.43 bits per heavy atom. The van der Waals surface area contributed by atoms with Crippen molar-refractivity contribution in [2.75, 3.05) is 7.05 Å². The molecule has 0 amide bonds. The molecule has 0 fully saturated rings. The minimum Gasteiger partial charge on any atom is -0.308 e. The van der Waals surface area contributed by atoms with Gasteiger partial charge in [-0.15, -0.1) is 11.3 Å². The second-order valence-electron chi connectivity index (χ2n) is 3.98. The molecular formula is C12H6Br2F5NS. The van der Waals surface area contributed by atoms with Crippen LogP contribution < -0.4 is 5.32 Å². The van der Waals surface area contributed by atoms with Gasteiger partial charge < -0.3 is 5.32 Å². The third-order valence-corrected chi connectivity index (χ3v) is 6.09. The highest BCUT2D eigenvalue weighted by Crippen LogP contribution is 2.39. The molecule has 9 heteroatoms. The second kappa shape index (κ2) is 6.31. The van der Waals surface area contributed by atoms with E-state index in [0.717, 1.165) is 11.3 Å². The van der Waals surface area contributed by atoms with E-state index in [2.05, 4.69) is 37.2 Å². The molecule has 1 N–H and O–H groups in total. The van der Waals surface area contributed by atoms with Gasteiger partial charge in [-0.2, -0.15) is 0 Å². The molecular weight excluding hydrogens is 445 g/mol. The zero-order valence-electron chi connectivity index (χ0n) is 10.2. The number of thiophene rings is 1. The van der Waals surface area contributed by atoms with Crippen LogP contribution in [0.15, 0.2) is 14.3 Å². The topological polar surface area (TPSA) is 12.0 Å². The summed E-state index contributed by atoms with van der Waals surface area (Å²) < 4.78 is 68.6. The molecule has 0 bridgehead atoms. The summed E-state index contributed by atoms with van der Waals surface area (Å²) in [5, 5.41) is 2.56. The van der Waals surface area contributed by atoms with Gasteiger partial charge in [-0.25, -0.2) is 22.0 Å². The van der Waals surface area contributed by atoms with E-state index in [4.69, 9.17) is 0 Å². The van der Waals surface area contributed by atoms with Crippen molar-refractivity contribution in [3.8, 4) is 0 Å². The molecule has 2 rings (SSSR count). The second-order valence-corrected chi connectivity index (χ2v) is 7.23. The highest BCUT2D eigenvalue weighted by Gasteiger charge is 2.31. The summed E-state index contributed by atoms with van der Waals surface area (Å²) in [7, 11) is 1.37. The zero-order chi connectivity index (χ0) is 15.9. The van der Waals surface area contributed by atoms with Crippen molar-refractivity contribution in [3.63, 3.8) is 0 Å². The SMILES string of the molecule is CNC(c1cc(Br)c(Br)s1)c1c(F)c(F)c(F)c(F)c1F. The highest BCUT2D eigenvalue weighted by atomic mass is 79.9. The first-order valence-corrected chi connectivity index (χ1v) is 7.83. The van der Waals surface area contributed by atoms with Gasteiger partial charge in [-0.05, 0) is 45.0 Å². The Bertz CT molecular complexity index is 655. The minimum absolute atomic E-state index is 0.388. The normalized spacial score (nSPS) is 12.8. The van der Waals surface area contributed by atoms with Crippen molar-refractivity contribution in [2.45, 2.75) is 6.04 Å². The van der Waals surface area contributed by atoms with Gasteiger partial charge in [0, 0.05) is 9.35 Å². The van der Waals surface area contributed by atoms with E-state index in [-0.39, 0.29) is 0 Å². The van der Waals surface area contributed by atoms with Crippen LogP contribution in [0.3, 0.4) is 0 Å². The van der Waals surface area contributed by atoms with Gasteiger partial charge in [0.05, 0.1) is 15.4 Å². The van der Waals surface area contributed by atoms with Crippen LogP contribution >= 0.6 is 43.2 Å². The smallest absolute Gasteiger partial charge is 0.200 e. The predicted molar refractivity (Wildman–Crippen MR) is 76.9 cm³/mol. The van der Waals surface area contributed by atoms with E-state index in [9.17, 15) is 22.0 Å². The number of halogens is 7. The first-order chi connectivity index (χ1) is 9.79. The van der Waals surface area contributed by atoms with Crippen LogP contribution in [0.2, 0.25) is 0 Å². The molecule has 0 aliphatic carbocycles. The third kappa shape index (κ3) is 2.88. The van der Waals surface area contributed by atoms with Crippen molar-refractivity contribution < 1.29 is 22.0 Å². The molecule has 1 aromatic carbocycles. The maximum absolute atomic E-state index is 13.9. The Morgan fingerprint density at radius 3 is 1.81 bits per heavy atom. The van der Waals surface area contributed by atoms with Crippen molar-refractivity contribution in [2.24, 2.45) is 0 Å². The number of nitrogens with one attached hydrogen (secondary N) is 1. The van der Waals surface area contributed by atoms with Gasteiger partial charge in [-0.3, -0.25) is 0 Å². The van der Waals surface area contributed by atoms with Crippen molar-refractivity contribution in [3.05, 3.63) is 53.9 Å². The predicted octanol–water partition coefficient (Wildman–Crippen LogP) is 5.28. The molecule has 0 radical (unpaired) electrons. The number of hydrogen-bond donors (Lipinski definition) is 1. The van der Waals surface area contributed by atoms with E-state index >= 15 is 0 Å². The third-order valence-electron chi connectivity index (χ3n) is 2.77. The quantitative estimate of drug-likeness (QED) is 0.381. The maximum Gasteiger partial charge on any atom is 0.200 e. The van der Waals surface area contributed by atoms with Gasteiger partial charge in [-0.1, -0.05) is 0 Å². The lowest BCUT2D eigenvalue weighted by molar-refractivity contribution is 0.364. The van der Waals surface area contributed by atoms with Gasteiger partial charge >= 0.3 is 0 Å². The summed E-state index contributed by atoms with van der Waals surface area (Å²) in [6, 6.07) is 0.371. The van der Waals surface area contributed by atoms with Crippen molar-refractivity contribution >= 4 is 43.2 Å². The average molecular weight is 451 g/mol. The molecule has 2 aromatic rings. The molecule has 0 aliphatic rings. The fourth-order valence-corrected chi connectivity index (χ4v) is 4.02. The van der Waals surface area contributed by atoms with E-state index in [1.54, 1.807) is 0 Å². The molecule has 1 atom stereocenters. The summed E-state index contributed by atoms with van der Waals surface area (Å²) in [5.74, 6) is -9.77. The lowest BCUT2D eigenvalue weighted by Crippen LogP contribution is -2.21. The van der Waals surface area contributed by atoms with E-state index in [1.165, 1.54) is 13.1 Å². The molecule has 0 saturated carbocycles. The Balaban J connectivity index is 2.68. The van der Waals surface area contributed by atoms with Gasteiger partial charge in [0.15, 0.2) is 23.3 Å². The van der Waals surface area contributed by atoms with E-state index in [0.29, 0.717) is 13.1 Å². The zero-order valence-corrected chi connectivity index (χ0v) is 14.2. The van der Waals surface area contributed by atoms with Crippen molar-refractivity contribution in [1.29, 1.82) is 0 Å². The standard InChI is InChI=1S/C12H6Br2F5NS/c1-20-11(4-2-3(13)12(14)21-4)5-6(15)8(17)10(19)9(18)7(5)16/h2,11,20H,1H3. The molecule has 114 valence electrons. The van der Waals surface area contributed by atoms with Crippen LogP contribution in [0.25, 0.3) is 0 Å². The highest BCUT2D eigenvalue weighted by molar-refractivity contribution is 9.13. The van der Waals surface area contributed by atoms with Gasteiger partial charge in [0.1, 0.15) is 0 Å². The molecule has 21 heavy (non-hydrogen) atoms. The van der Waals surface area contributed by atoms with Crippen molar-refractivity contribution in [1.82, 2.24) is 5.32 Å². The van der Waals surface area contributed by atoms with Crippen LogP contribution in [-0.2, 0) is 0 Å². The number of benzene rings is 1. The Hall–Kier alpha value is -0.510. The summed E-state index contributed by atoms with van der Waals surface area (Å²) >= 11 is 7.53. The fraction of sp³-hybridized carbons (Fsp3) is 0.167. The van der Waals surface area contributed by atoms with E-state index in [1.807, 2.05) is 0 Å². The van der Waals surface area contributed by atoms with Crippen LogP contribution in [-0.4, -0.2) is 7.05 Å². The summed E-state index contributed by atoms with van der Waals surface area (Å²) in [6.07, 6.45) is 0. The molecule has 0 aliphatic heterocycles. The van der Waals surface area contributed by atoms with Crippen LogP contribution in [0, 0.1) is 29.1 Å². The minimum atomic E-state index is -2.17. The first kappa shape index (κ1) is 16.9. The maximum atomic E-state index is 13.9. The largest absolute Gasteiger partial charge is 0.308 e. The lowest BCUT2D eigenvalue weighted by atomic mass is 10.0. The Labute approximate surface area is 137 Å². The van der Waals surface area contributed by atoms with Gasteiger partial charge in [0.2, 0.25) is 5.82 Å². The average Bonchev–Trinajstić information content (AvgIpc) is 2.78. The van der Waals surface area contributed by atoms with Crippen LogP contribution in [0.5, 0.6) is 0 Å². The van der Waals surface area contributed by atoms with E-state index < -0.39 is 40.7 Å². The molecule has 1 unspecified atom stereocenters. The Kier molecular flexibility index (Phi) is 5.07. The molecule has 1 nitrogen and oxygen atoms in total. The molecule has 0 spiro atoms. The molecule has 1 heterocycles. The summed E-state index contributed by atoms with van der Waals surface area (Å²) in [4.78, 5) is 0.388. The lowest BCUT2D eigenvalue weighted by Gasteiger charge is -2.17. The number of rotatable bonds is 3.